The summed E-state index contributed by atoms with van der Waals surface area (Å²) in [4.78, 5) is 35.7. The van der Waals surface area contributed by atoms with Gasteiger partial charge in [0.1, 0.15) is 0 Å². The minimum atomic E-state index is -0.687. The normalized spacial score (nSPS) is 10.2. The number of imide groups is 1. The van der Waals surface area contributed by atoms with Gasteiger partial charge in [0.25, 0.3) is 11.8 Å². The molecule has 0 aliphatic rings. The average Bonchev–Trinajstić information content (AvgIpc) is 3.20. The smallest absolute Gasteiger partial charge is 0.338 e. The van der Waals surface area contributed by atoms with Gasteiger partial charge in [0.2, 0.25) is 0 Å². The molecule has 1 N–H and O–H groups in total. The van der Waals surface area contributed by atoms with Crippen LogP contribution in [0.2, 0.25) is 0 Å². The summed E-state index contributed by atoms with van der Waals surface area (Å²) in [6.45, 7) is 0.0543. The second-order valence-electron chi connectivity index (χ2n) is 5.72. The molecule has 0 saturated carbocycles. The lowest BCUT2D eigenvalue weighted by Crippen LogP contribution is -2.34. The van der Waals surface area contributed by atoms with Crippen LogP contribution in [-0.4, -0.2) is 34.2 Å². The number of carbonyl (C=O) groups excluding carboxylic acids is 3. The molecule has 0 aliphatic heterocycles. The lowest BCUT2D eigenvalue weighted by Gasteiger charge is -2.07. The first-order valence-electron chi connectivity index (χ1n) is 8.24. The summed E-state index contributed by atoms with van der Waals surface area (Å²) in [5.41, 5.74) is 1.65. The number of carbonyl (C=O) groups is 3. The van der Waals surface area contributed by atoms with Gasteiger partial charge in [0.05, 0.1) is 12.1 Å². The van der Waals surface area contributed by atoms with Crippen LogP contribution in [0.15, 0.2) is 73.1 Å². The van der Waals surface area contributed by atoms with Crippen molar-refractivity contribution in [2.45, 2.75) is 6.54 Å². The Morgan fingerprint density at radius 1 is 0.926 bits per heavy atom. The molecule has 1 aromatic heterocycles. The van der Waals surface area contributed by atoms with Gasteiger partial charge in [-0.15, -0.1) is 0 Å². The minimum absolute atomic E-state index is 0.321. The van der Waals surface area contributed by atoms with E-state index in [-0.39, 0.29) is 0 Å². The van der Waals surface area contributed by atoms with Gasteiger partial charge in [-0.3, -0.25) is 19.6 Å². The van der Waals surface area contributed by atoms with E-state index in [1.54, 1.807) is 65.5 Å². The van der Waals surface area contributed by atoms with Crippen LogP contribution in [-0.2, 0) is 16.1 Å². The van der Waals surface area contributed by atoms with Crippen molar-refractivity contribution in [3.05, 3.63) is 89.7 Å². The Bertz CT molecular complexity index is 920. The maximum absolute atomic E-state index is 12.0. The number of nitrogens with one attached hydrogen (secondary N) is 1. The van der Waals surface area contributed by atoms with Crippen molar-refractivity contribution in [1.29, 1.82) is 0 Å². The molecule has 7 nitrogen and oxygen atoms in total. The highest BCUT2D eigenvalue weighted by molar-refractivity contribution is 6.05. The summed E-state index contributed by atoms with van der Waals surface area (Å²) in [7, 11) is 0. The zero-order valence-electron chi connectivity index (χ0n) is 14.4. The van der Waals surface area contributed by atoms with Crippen molar-refractivity contribution >= 4 is 17.8 Å². The summed E-state index contributed by atoms with van der Waals surface area (Å²) >= 11 is 0. The van der Waals surface area contributed by atoms with E-state index in [4.69, 9.17) is 4.74 Å². The molecule has 0 spiro atoms. The number of hydrogen-bond donors (Lipinski definition) is 1. The molecule has 2 amide bonds. The number of amides is 2. The number of aromatic nitrogens is 2. The second-order valence-corrected chi connectivity index (χ2v) is 5.72. The summed E-state index contributed by atoms with van der Waals surface area (Å²) in [5.74, 6) is -1.87. The summed E-state index contributed by atoms with van der Waals surface area (Å²) in [6.07, 6.45) is 3.54. The molecule has 1 heterocycles. The van der Waals surface area contributed by atoms with Gasteiger partial charge in [0, 0.05) is 18.0 Å². The number of hydrogen-bond acceptors (Lipinski definition) is 5. The number of esters is 1. The molecule has 3 rings (SSSR count). The van der Waals surface area contributed by atoms with Crippen LogP contribution >= 0.6 is 0 Å². The van der Waals surface area contributed by atoms with E-state index >= 15 is 0 Å². The van der Waals surface area contributed by atoms with E-state index in [0.717, 1.165) is 5.56 Å². The molecule has 0 aliphatic carbocycles. The molecular weight excluding hydrogens is 346 g/mol. The third kappa shape index (κ3) is 5.12. The lowest BCUT2D eigenvalue weighted by atomic mass is 10.1. The molecule has 0 saturated heterocycles. The molecule has 27 heavy (non-hydrogen) atoms. The first kappa shape index (κ1) is 18.1. The predicted molar refractivity (Wildman–Crippen MR) is 97.0 cm³/mol. The van der Waals surface area contributed by atoms with Crippen LogP contribution in [0.3, 0.4) is 0 Å². The monoisotopic (exact) mass is 363 g/mol. The van der Waals surface area contributed by atoms with E-state index in [2.05, 4.69) is 10.4 Å². The fourth-order valence-electron chi connectivity index (χ4n) is 2.37. The summed E-state index contributed by atoms with van der Waals surface area (Å²) in [6, 6.07) is 17.0. The Morgan fingerprint density at radius 2 is 1.67 bits per heavy atom. The highest BCUT2D eigenvalue weighted by atomic mass is 16.5. The van der Waals surface area contributed by atoms with Gasteiger partial charge in [0.15, 0.2) is 6.61 Å². The quantitative estimate of drug-likeness (QED) is 0.677. The molecule has 3 aromatic rings. The van der Waals surface area contributed by atoms with E-state index in [1.165, 1.54) is 0 Å². The first-order chi connectivity index (χ1) is 13.1. The van der Waals surface area contributed by atoms with Gasteiger partial charge in [-0.2, -0.15) is 5.10 Å². The standard InChI is InChI=1S/C20H17N3O4/c24-18(22-19(25)16-5-2-1-3-6-16)14-27-20(26)17-9-7-15(8-10-17)13-23-12-4-11-21-23/h1-12H,13-14H2,(H,22,24,25). The third-order valence-electron chi connectivity index (χ3n) is 3.72. The Morgan fingerprint density at radius 3 is 2.33 bits per heavy atom. The number of nitrogens with zero attached hydrogens (tertiary/aromatic N) is 2. The first-order valence-corrected chi connectivity index (χ1v) is 8.24. The Hall–Kier alpha value is -3.74. The minimum Gasteiger partial charge on any atom is -0.452 e. The molecule has 7 heteroatoms. The van der Waals surface area contributed by atoms with Gasteiger partial charge in [-0.05, 0) is 35.9 Å². The van der Waals surface area contributed by atoms with Crippen LogP contribution in [0, 0.1) is 0 Å². The summed E-state index contributed by atoms with van der Waals surface area (Å²) < 4.78 is 6.72. The zero-order chi connectivity index (χ0) is 19.1. The molecule has 136 valence electrons. The molecule has 0 unspecified atom stereocenters. The SMILES string of the molecule is O=C(COC(=O)c1ccc(Cn2cccn2)cc1)NC(=O)c1ccccc1. The molecule has 0 atom stereocenters. The van der Waals surface area contributed by atoms with Gasteiger partial charge >= 0.3 is 5.97 Å². The van der Waals surface area contributed by atoms with Crippen molar-refractivity contribution in [1.82, 2.24) is 15.1 Å². The van der Waals surface area contributed by atoms with Crippen LogP contribution in [0.4, 0.5) is 0 Å². The predicted octanol–water partition coefficient (Wildman–Crippen LogP) is 2.04. The number of ether oxygens (including phenoxy) is 1. The maximum atomic E-state index is 12.0. The van der Waals surface area contributed by atoms with Crippen LogP contribution < -0.4 is 5.32 Å². The van der Waals surface area contributed by atoms with Crippen molar-refractivity contribution < 1.29 is 19.1 Å². The van der Waals surface area contributed by atoms with Crippen LogP contribution in [0.1, 0.15) is 26.3 Å². The molecule has 0 fully saturated rings. The van der Waals surface area contributed by atoms with Crippen molar-refractivity contribution in [3.63, 3.8) is 0 Å². The van der Waals surface area contributed by atoms with Crippen molar-refractivity contribution in [3.8, 4) is 0 Å². The topological polar surface area (TPSA) is 90.3 Å². The lowest BCUT2D eigenvalue weighted by molar-refractivity contribution is -0.123. The van der Waals surface area contributed by atoms with E-state index < -0.39 is 24.4 Å². The number of benzene rings is 2. The fourth-order valence-corrected chi connectivity index (χ4v) is 2.37. The summed E-state index contributed by atoms with van der Waals surface area (Å²) in [5, 5.41) is 6.29. The molecule has 2 aromatic carbocycles. The highest BCUT2D eigenvalue weighted by Crippen LogP contribution is 2.07. The van der Waals surface area contributed by atoms with E-state index in [1.807, 2.05) is 12.3 Å². The van der Waals surface area contributed by atoms with Crippen LogP contribution in [0.5, 0.6) is 0 Å². The van der Waals surface area contributed by atoms with Crippen molar-refractivity contribution in [2.24, 2.45) is 0 Å². The zero-order valence-corrected chi connectivity index (χ0v) is 14.4. The Labute approximate surface area is 155 Å². The van der Waals surface area contributed by atoms with E-state index in [0.29, 0.717) is 17.7 Å². The molecular formula is C20H17N3O4. The van der Waals surface area contributed by atoms with Crippen LogP contribution in [0.25, 0.3) is 0 Å². The largest absolute Gasteiger partial charge is 0.452 e. The number of rotatable bonds is 6. The Balaban J connectivity index is 1.48. The van der Waals surface area contributed by atoms with Gasteiger partial charge in [-0.25, -0.2) is 4.79 Å². The molecule has 0 bridgehead atoms. The highest BCUT2D eigenvalue weighted by Gasteiger charge is 2.13. The second kappa shape index (κ2) is 8.57. The van der Waals surface area contributed by atoms with Crippen molar-refractivity contribution in [2.75, 3.05) is 6.61 Å². The fraction of sp³-hybridized carbons (Fsp3) is 0.100. The Kier molecular flexibility index (Phi) is 5.73. The van der Waals surface area contributed by atoms with E-state index in [9.17, 15) is 14.4 Å². The van der Waals surface area contributed by atoms with Gasteiger partial charge < -0.3 is 4.74 Å². The van der Waals surface area contributed by atoms with Gasteiger partial charge in [-0.1, -0.05) is 30.3 Å². The maximum Gasteiger partial charge on any atom is 0.338 e. The average molecular weight is 363 g/mol. The molecule has 0 radical (unpaired) electrons. The third-order valence-corrected chi connectivity index (χ3v) is 3.72.